The molecule has 0 aliphatic carbocycles. The number of nitrogens with zero attached hydrogens (tertiary/aromatic N) is 4. The van der Waals surface area contributed by atoms with Gasteiger partial charge in [0.25, 0.3) is 0 Å². The van der Waals surface area contributed by atoms with Crippen molar-refractivity contribution >= 4 is 11.9 Å². The van der Waals surface area contributed by atoms with Crippen LogP contribution in [0.5, 0.6) is 0 Å². The van der Waals surface area contributed by atoms with Crippen molar-refractivity contribution in [2.75, 3.05) is 18.0 Å². The topological polar surface area (TPSA) is 92.3 Å². The van der Waals surface area contributed by atoms with Gasteiger partial charge in [-0.15, -0.1) is 0 Å². The summed E-state index contributed by atoms with van der Waals surface area (Å²) in [7, 11) is 0. The highest BCUT2D eigenvalue weighted by Gasteiger charge is 2.28. The molecule has 7 heteroatoms. The van der Waals surface area contributed by atoms with Gasteiger partial charge in [-0.05, 0) is 18.8 Å². The van der Waals surface area contributed by atoms with Crippen molar-refractivity contribution < 1.29 is 14.4 Å². The molecule has 1 aliphatic heterocycles. The third kappa shape index (κ3) is 3.18. The van der Waals surface area contributed by atoms with E-state index in [-0.39, 0.29) is 5.92 Å². The van der Waals surface area contributed by atoms with Gasteiger partial charge in [0.15, 0.2) is 5.76 Å². The van der Waals surface area contributed by atoms with E-state index in [0.717, 1.165) is 24.6 Å². The maximum atomic E-state index is 11.4. The molecular weight excluding hydrogens is 296 g/mol. The van der Waals surface area contributed by atoms with E-state index in [4.69, 9.17) is 4.52 Å². The fraction of sp³-hybridized carbons (Fsp3) is 0.500. The number of anilines is 1. The maximum absolute atomic E-state index is 11.4. The van der Waals surface area contributed by atoms with Crippen molar-refractivity contribution in [1.29, 1.82) is 0 Å². The lowest BCUT2D eigenvalue weighted by Crippen LogP contribution is -2.20. The molecule has 1 atom stereocenters. The second-order valence-electron chi connectivity index (χ2n) is 6.14. The van der Waals surface area contributed by atoms with Crippen LogP contribution in [0.25, 0.3) is 11.3 Å². The van der Waals surface area contributed by atoms with Gasteiger partial charge in [-0.2, -0.15) is 0 Å². The Morgan fingerprint density at radius 1 is 1.26 bits per heavy atom. The Hall–Kier alpha value is -2.44. The van der Waals surface area contributed by atoms with Crippen LogP contribution in [0.15, 0.2) is 23.0 Å². The lowest BCUT2D eigenvalue weighted by molar-refractivity contribution is -0.140. The quantitative estimate of drug-likeness (QED) is 0.906. The predicted molar refractivity (Wildman–Crippen MR) is 84.2 cm³/mol. The molecule has 0 radical (unpaired) electrons. The first kappa shape index (κ1) is 15.5. The van der Waals surface area contributed by atoms with E-state index >= 15 is 0 Å². The smallest absolute Gasteiger partial charge is 0.314 e. The Morgan fingerprint density at radius 3 is 2.48 bits per heavy atom. The number of aliphatic carboxylic acids is 1. The second-order valence-corrected chi connectivity index (χ2v) is 6.14. The minimum Gasteiger partial charge on any atom is -0.481 e. The maximum Gasteiger partial charge on any atom is 0.314 e. The third-order valence-corrected chi connectivity index (χ3v) is 4.09. The summed E-state index contributed by atoms with van der Waals surface area (Å²) in [6, 6.07) is 1.66. The summed E-state index contributed by atoms with van der Waals surface area (Å²) in [5.74, 6) is -0.627. The Balaban J connectivity index is 1.81. The molecule has 1 N–H and O–H groups in total. The minimum absolute atomic E-state index is 0.0814. The molecule has 7 nitrogen and oxygen atoms in total. The van der Waals surface area contributed by atoms with Gasteiger partial charge in [-0.1, -0.05) is 19.0 Å². The highest BCUT2D eigenvalue weighted by molar-refractivity contribution is 5.76. The van der Waals surface area contributed by atoms with Gasteiger partial charge in [0.2, 0.25) is 5.95 Å². The molecule has 1 fully saturated rings. The Morgan fingerprint density at radius 2 is 1.91 bits per heavy atom. The van der Waals surface area contributed by atoms with E-state index in [9.17, 15) is 9.90 Å². The van der Waals surface area contributed by atoms with Gasteiger partial charge in [0.1, 0.15) is 11.6 Å². The lowest BCUT2D eigenvalue weighted by Gasteiger charge is -2.14. The summed E-state index contributed by atoms with van der Waals surface area (Å²) < 4.78 is 5.24. The van der Waals surface area contributed by atoms with Gasteiger partial charge in [0, 0.05) is 37.1 Å². The third-order valence-electron chi connectivity index (χ3n) is 4.09. The summed E-state index contributed by atoms with van der Waals surface area (Å²) in [6.07, 6.45) is 5.74. The zero-order chi connectivity index (χ0) is 16.4. The molecule has 1 saturated heterocycles. The van der Waals surface area contributed by atoms with Gasteiger partial charge in [-0.3, -0.25) is 4.79 Å². The number of carbonyl (C=O) groups is 1. The first-order valence-electron chi connectivity index (χ1n) is 7.83. The van der Waals surface area contributed by atoms with Crippen molar-refractivity contribution in [3.8, 4) is 11.3 Å². The van der Waals surface area contributed by atoms with Gasteiger partial charge >= 0.3 is 5.97 Å². The second kappa shape index (κ2) is 6.36. The Labute approximate surface area is 134 Å². The standard InChI is InChI=1S/C16H20N4O3/c1-10(2)14(15(21)22)13-7-12(19-23-13)11-8-17-16(18-9-11)20-5-3-4-6-20/h7-10,14H,3-6H2,1-2H3,(H,21,22). The molecule has 0 spiro atoms. The molecule has 23 heavy (non-hydrogen) atoms. The highest BCUT2D eigenvalue weighted by atomic mass is 16.5. The van der Waals surface area contributed by atoms with Crippen molar-refractivity contribution in [3.05, 3.63) is 24.2 Å². The zero-order valence-corrected chi connectivity index (χ0v) is 13.3. The van der Waals surface area contributed by atoms with Crippen molar-refractivity contribution in [2.24, 2.45) is 5.92 Å². The molecule has 2 aromatic heterocycles. The van der Waals surface area contributed by atoms with Crippen LogP contribution in [0.2, 0.25) is 0 Å². The predicted octanol–water partition coefficient (Wildman–Crippen LogP) is 2.56. The van der Waals surface area contributed by atoms with Crippen LogP contribution in [0.3, 0.4) is 0 Å². The van der Waals surface area contributed by atoms with Crippen LogP contribution >= 0.6 is 0 Å². The monoisotopic (exact) mass is 316 g/mol. The summed E-state index contributed by atoms with van der Waals surface area (Å²) in [4.78, 5) is 22.3. The minimum atomic E-state index is -0.914. The molecule has 1 aliphatic rings. The number of hydrogen-bond acceptors (Lipinski definition) is 6. The van der Waals surface area contributed by atoms with E-state index in [1.165, 1.54) is 12.8 Å². The van der Waals surface area contributed by atoms with E-state index in [1.54, 1.807) is 18.5 Å². The van der Waals surface area contributed by atoms with E-state index in [1.807, 2.05) is 13.8 Å². The molecular formula is C16H20N4O3. The molecule has 122 valence electrons. The summed E-state index contributed by atoms with van der Waals surface area (Å²) in [5.41, 5.74) is 1.27. The average molecular weight is 316 g/mol. The molecule has 0 aromatic carbocycles. The average Bonchev–Trinajstić information content (AvgIpc) is 3.18. The van der Waals surface area contributed by atoms with E-state index < -0.39 is 11.9 Å². The summed E-state index contributed by atoms with van der Waals surface area (Å²) >= 11 is 0. The van der Waals surface area contributed by atoms with E-state index in [2.05, 4.69) is 20.0 Å². The number of rotatable bonds is 5. The molecule has 2 aromatic rings. The molecule has 0 saturated carbocycles. The number of hydrogen-bond donors (Lipinski definition) is 1. The van der Waals surface area contributed by atoms with Gasteiger partial charge in [-0.25, -0.2) is 9.97 Å². The summed E-state index contributed by atoms with van der Waals surface area (Å²) in [5, 5.41) is 13.3. The van der Waals surface area contributed by atoms with Crippen LogP contribution in [0, 0.1) is 5.92 Å². The molecule has 3 heterocycles. The number of carboxylic acids is 1. The lowest BCUT2D eigenvalue weighted by atomic mass is 9.93. The van der Waals surface area contributed by atoms with Crippen molar-refractivity contribution in [2.45, 2.75) is 32.6 Å². The van der Waals surface area contributed by atoms with Crippen molar-refractivity contribution in [1.82, 2.24) is 15.1 Å². The van der Waals surface area contributed by atoms with Crippen LogP contribution in [-0.4, -0.2) is 39.3 Å². The van der Waals surface area contributed by atoms with E-state index in [0.29, 0.717) is 11.5 Å². The van der Waals surface area contributed by atoms with Crippen LogP contribution < -0.4 is 4.90 Å². The largest absolute Gasteiger partial charge is 0.481 e. The zero-order valence-electron chi connectivity index (χ0n) is 13.3. The van der Waals surface area contributed by atoms with Crippen LogP contribution in [0.1, 0.15) is 38.4 Å². The molecule has 0 bridgehead atoms. The van der Waals surface area contributed by atoms with Crippen LogP contribution in [-0.2, 0) is 4.79 Å². The first-order chi connectivity index (χ1) is 11.1. The summed E-state index contributed by atoms with van der Waals surface area (Å²) in [6.45, 7) is 5.66. The first-order valence-corrected chi connectivity index (χ1v) is 7.83. The molecule has 0 amide bonds. The fourth-order valence-electron chi connectivity index (χ4n) is 2.84. The van der Waals surface area contributed by atoms with Crippen molar-refractivity contribution in [3.63, 3.8) is 0 Å². The number of aromatic nitrogens is 3. The number of carboxylic acid groups (broad SMARTS) is 1. The Bertz CT molecular complexity index is 675. The normalized spacial score (nSPS) is 16.0. The van der Waals surface area contributed by atoms with Gasteiger partial charge < -0.3 is 14.5 Å². The highest BCUT2D eigenvalue weighted by Crippen LogP contribution is 2.28. The SMILES string of the molecule is CC(C)C(C(=O)O)c1cc(-c2cnc(N3CCCC3)nc2)no1. The Kier molecular flexibility index (Phi) is 4.27. The fourth-order valence-corrected chi connectivity index (χ4v) is 2.84. The molecule has 3 rings (SSSR count). The van der Waals surface area contributed by atoms with Crippen LogP contribution in [0.4, 0.5) is 5.95 Å². The van der Waals surface area contributed by atoms with Gasteiger partial charge in [0.05, 0.1) is 0 Å². The molecule has 1 unspecified atom stereocenters.